The first-order valence-corrected chi connectivity index (χ1v) is 11.7. The summed E-state index contributed by atoms with van der Waals surface area (Å²) in [7, 11) is -3.78. The summed E-state index contributed by atoms with van der Waals surface area (Å²) in [5.41, 5.74) is -6.48. The van der Waals surface area contributed by atoms with Crippen molar-refractivity contribution in [3.8, 4) is 11.8 Å². The summed E-state index contributed by atoms with van der Waals surface area (Å²) >= 11 is 0. The summed E-state index contributed by atoms with van der Waals surface area (Å²) in [5, 5.41) is 9.48. The van der Waals surface area contributed by atoms with Crippen molar-refractivity contribution in [2.45, 2.75) is 13.1 Å². The van der Waals surface area contributed by atoms with Gasteiger partial charge in [0.2, 0.25) is 10.0 Å². The molecule has 0 aliphatic heterocycles. The molecule has 0 aliphatic rings. The molecule has 0 aliphatic carbocycles. The lowest BCUT2D eigenvalue weighted by Crippen LogP contribution is -2.41. The third-order valence-electron chi connectivity index (χ3n) is 5.07. The molecule has 3 rings (SSSR count). The summed E-state index contributed by atoms with van der Waals surface area (Å²) < 4.78 is 79.9. The van der Waals surface area contributed by atoms with Gasteiger partial charge in [-0.05, 0) is 31.2 Å². The summed E-state index contributed by atoms with van der Waals surface area (Å²) in [4.78, 5) is 38.2. The predicted octanol–water partition coefficient (Wildman–Crippen LogP) is 2.48. The van der Waals surface area contributed by atoms with Crippen molar-refractivity contribution in [3.63, 3.8) is 0 Å². The fraction of sp³-hybridized carbons (Fsp3) is 0.182. The molecule has 1 aromatic heterocycles. The van der Waals surface area contributed by atoms with Crippen LogP contribution >= 0.6 is 0 Å². The lowest BCUT2D eigenvalue weighted by molar-refractivity contribution is -0.144. The number of hydrogen-bond acceptors (Lipinski definition) is 6. The van der Waals surface area contributed by atoms with Crippen molar-refractivity contribution >= 4 is 21.6 Å². The van der Waals surface area contributed by atoms with E-state index in [1.807, 2.05) is 0 Å². The second-order valence-corrected chi connectivity index (χ2v) is 9.50. The maximum absolute atomic E-state index is 14.9. The van der Waals surface area contributed by atoms with Crippen molar-refractivity contribution in [1.29, 1.82) is 5.26 Å². The van der Waals surface area contributed by atoms with Crippen LogP contribution in [0.4, 0.5) is 23.2 Å². The molecular formula is C22H16F4N4O5S. The smallest absolute Gasteiger partial charge is 0.292 e. The molecule has 1 heterocycles. The molecule has 9 nitrogen and oxygen atoms in total. The third kappa shape index (κ3) is 4.78. The minimum atomic E-state index is -5.08. The van der Waals surface area contributed by atoms with E-state index in [1.54, 1.807) is 6.92 Å². The van der Waals surface area contributed by atoms with Crippen LogP contribution in [-0.4, -0.2) is 29.7 Å². The number of alkyl halides is 3. The number of rotatable bonds is 4. The molecule has 0 unspecified atom stereocenters. The quantitative estimate of drug-likeness (QED) is 0.484. The highest BCUT2D eigenvalue weighted by atomic mass is 32.2. The van der Waals surface area contributed by atoms with Crippen LogP contribution in [0.1, 0.15) is 27.2 Å². The highest BCUT2D eigenvalue weighted by Gasteiger charge is 2.36. The maximum atomic E-state index is 14.9. The van der Waals surface area contributed by atoms with Crippen molar-refractivity contribution in [3.05, 3.63) is 91.5 Å². The third-order valence-corrected chi connectivity index (χ3v) is 6.10. The van der Waals surface area contributed by atoms with E-state index in [2.05, 4.69) is 0 Å². The first-order chi connectivity index (χ1) is 16.6. The number of anilines is 1. The molecule has 1 amide bonds. The molecular weight excluding hydrogens is 508 g/mol. The number of carbonyl (C=O) groups excluding carboxylic acids is 1. The zero-order valence-corrected chi connectivity index (χ0v) is 19.6. The number of aryl methyl sites for hydroxylation is 1. The minimum absolute atomic E-state index is 0.0338. The average Bonchev–Trinajstić information content (AvgIpc) is 2.76. The first-order valence-electron chi connectivity index (χ1n) is 9.83. The Hall–Kier alpha value is -4.25. The van der Waals surface area contributed by atoms with Crippen LogP contribution in [-0.2, 0) is 23.2 Å². The predicted molar refractivity (Wildman–Crippen MR) is 120 cm³/mol. The van der Waals surface area contributed by atoms with Crippen LogP contribution in [0, 0.1) is 24.1 Å². The fourth-order valence-electron chi connectivity index (χ4n) is 3.35. The molecule has 14 heteroatoms. The number of hydrogen-bond donors (Lipinski definition) is 0. The van der Waals surface area contributed by atoms with E-state index in [1.165, 1.54) is 30.3 Å². The van der Waals surface area contributed by atoms with Crippen molar-refractivity contribution in [2.24, 2.45) is 7.05 Å². The Morgan fingerprint density at radius 2 is 1.67 bits per heavy atom. The van der Waals surface area contributed by atoms with Crippen LogP contribution in [0.5, 0.6) is 0 Å². The zero-order valence-electron chi connectivity index (χ0n) is 18.8. The summed E-state index contributed by atoms with van der Waals surface area (Å²) in [6, 6.07) is 8.27. The Morgan fingerprint density at radius 3 is 2.17 bits per heavy atom. The van der Waals surface area contributed by atoms with E-state index >= 15 is 0 Å². The van der Waals surface area contributed by atoms with Crippen molar-refractivity contribution in [1.82, 2.24) is 9.13 Å². The number of amides is 1. The summed E-state index contributed by atoms with van der Waals surface area (Å²) in [5.74, 6) is -2.54. The van der Waals surface area contributed by atoms with Gasteiger partial charge in [-0.1, -0.05) is 17.7 Å². The number of sulfonamides is 1. The van der Waals surface area contributed by atoms with Gasteiger partial charge in [-0.25, -0.2) is 26.5 Å². The van der Waals surface area contributed by atoms with Gasteiger partial charge in [0.1, 0.15) is 17.6 Å². The fourth-order valence-corrected chi connectivity index (χ4v) is 4.27. The van der Waals surface area contributed by atoms with E-state index in [4.69, 9.17) is 0 Å². The zero-order chi connectivity index (χ0) is 27.2. The standard InChI is InChI=1S/C22H16F4N4O5S/c1-12-4-6-13(7-5-12)20(32)30(36(3,34)35)16-9-17(15(23)8-14(16)11-27)29-19(31)10-18(22(24,25)26)28(2)21(29)33/h4-10H,1-3H3. The Labute approximate surface area is 201 Å². The van der Waals surface area contributed by atoms with Gasteiger partial charge in [-0.2, -0.15) is 18.4 Å². The molecule has 0 fully saturated rings. The van der Waals surface area contributed by atoms with Gasteiger partial charge in [0.05, 0.1) is 23.2 Å². The van der Waals surface area contributed by atoms with Crippen LogP contribution in [0.15, 0.2) is 52.1 Å². The monoisotopic (exact) mass is 524 g/mol. The first kappa shape index (κ1) is 26.4. The molecule has 3 aromatic rings. The molecule has 0 N–H and O–H groups in total. The number of nitriles is 1. The lowest BCUT2D eigenvalue weighted by Gasteiger charge is -2.23. The van der Waals surface area contributed by atoms with Crippen molar-refractivity contribution < 1.29 is 30.8 Å². The molecule has 0 radical (unpaired) electrons. The van der Waals surface area contributed by atoms with E-state index < -0.39 is 61.8 Å². The molecule has 188 valence electrons. The Bertz CT molecular complexity index is 1650. The minimum Gasteiger partial charge on any atom is -0.292 e. The van der Waals surface area contributed by atoms with Crippen LogP contribution in [0.25, 0.3) is 5.69 Å². The lowest BCUT2D eigenvalue weighted by atomic mass is 10.1. The Kier molecular flexibility index (Phi) is 6.65. The van der Waals surface area contributed by atoms with E-state index in [-0.39, 0.29) is 25.1 Å². The van der Waals surface area contributed by atoms with Gasteiger partial charge in [0.15, 0.2) is 0 Å². The van der Waals surface area contributed by atoms with Crippen LogP contribution < -0.4 is 15.6 Å². The Balaban J connectivity index is 2.36. The van der Waals surface area contributed by atoms with Gasteiger partial charge < -0.3 is 0 Å². The number of carbonyl (C=O) groups is 1. The number of aromatic nitrogens is 2. The van der Waals surface area contributed by atoms with Gasteiger partial charge >= 0.3 is 11.9 Å². The number of nitrogens with zero attached hydrogens (tertiary/aromatic N) is 4. The molecule has 0 bridgehead atoms. The molecule has 0 atom stereocenters. The van der Waals surface area contributed by atoms with E-state index in [0.29, 0.717) is 25.4 Å². The molecule has 2 aromatic carbocycles. The molecule has 0 saturated heterocycles. The van der Waals surface area contributed by atoms with Gasteiger partial charge in [-0.15, -0.1) is 0 Å². The summed E-state index contributed by atoms with van der Waals surface area (Å²) in [6.07, 6.45) is -4.44. The SMILES string of the molecule is Cc1ccc(C(=O)N(c2cc(-n3c(=O)cc(C(F)(F)F)n(C)c3=O)c(F)cc2C#N)S(C)(=O)=O)cc1. The number of benzene rings is 2. The number of halogens is 4. The topological polar surface area (TPSA) is 122 Å². The summed E-state index contributed by atoms with van der Waals surface area (Å²) in [6.45, 7) is 1.71. The van der Waals surface area contributed by atoms with Gasteiger partial charge in [0.25, 0.3) is 11.5 Å². The van der Waals surface area contributed by atoms with Crippen LogP contribution in [0.2, 0.25) is 0 Å². The van der Waals surface area contributed by atoms with Gasteiger partial charge in [0, 0.05) is 18.7 Å². The highest BCUT2D eigenvalue weighted by Crippen LogP contribution is 2.30. The molecule has 0 saturated carbocycles. The average molecular weight is 524 g/mol. The van der Waals surface area contributed by atoms with Crippen molar-refractivity contribution in [2.75, 3.05) is 10.6 Å². The Morgan fingerprint density at radius 1 is 1.08 bits per heavy atom. The maximum Gasteiger partial charge on any atom is 0.431 e. The highest BCUT2D eigenvalue weighted by molar-refractivity contribution is 7.92. The van der Waals surface area contributed by atoms with E-state index in [0.717, 1.165) is 5.56 Å². The van der Waals surface area contributed by atoms with Gasteiger partial charge in [-0.3, -0.25) is 14.2 Å². The molecule has 0 spiro atoms. The van der Waals surface area contributed by atoms with Crippen LogP contribution in [0.3, 0.4) is 0 Å². The largest absolute Gasteiger partial charge is 0.431 e. The normalized spacial score (nSPS) is 11.7. The molecule has 36 heavy (non-hydrogen) atoms. The van der Waals surface area contributed by atoms with E-state index in [9.17, 15) is 45.6 Å². The second kappa shape index (κ2) is 9.08. The second-order valence-electron chi connectivity index (χ2n) is 7.67.